The van der Waals surface area contributed by atoms with Crippen LogP contribution < -0.4 is 5.56 Å². The van der Waals surface area contributed by atoms with Crippen LogP contribution in [0.3, 0.4) is 0 Å². The summed E-state index contributed by atoms with van der Waals surface area (Å²) in [5.74, 6) is 2.18. The first-order chi connectivity index (χ1) is 15.5. The van der Waals surface area contributed by atoms with E-state index < -0.39 is 6.17 Å². The fraction of sp³-hybridized carbons (Fsp3) is 0.348. The molecule has 6 rings (SSSR count). The van der Waals surface area contributed by atoms with Gasteiger partial charge in [0.1, 0.15) is 19.0 Å². The normalized spacial score (nSPS) is 22.7. The molecule has 3 heterocycles. The molecule has 0 radical (unpaired) electrons. The van der Waals surface area contributed by atoms with Crippen molar-refractivity contribution in [2.24, 2.45) is 18.9 Å². The highest BCUT2D eigenvalue weighted by molar-refractivity contribution is 5.71. The van der Waals surface area contributed by atoms with E-state index in [0.717, 1.165) is 12.0 Å². The van der Waals surface area contributed by atoms with E-state index in [1.807, 2.05) is 24.3 Å². The molecule has 1 aromatic carbocycles. The lowest BCUT2D eigenvalue weighted by molar-refractivity contribution is 0.364. The van der Waals surface area contributed by atoms with Gasteiger partial charge in [0.25, 0.3) is 5.56 Å². The minimum Gasteiger partial charge on any atom is -0.337 e. The van der Waals surface area contributed by atoms with Crippen LogP contribution in [0.15, 0.2) is 52.3 Å². The number of halogens is 1. The van der Waals surface area contributed by atoms with E-state index in [0.29, 0.717) is 40.3 Å². The van der Waals surface area contributed by atoms with Gasteiger partial charge in [-0.2, -0.15) is 4.98 Å². The summed E-state index contributed by atoms with van der Waals surface area (Å²) in [7, 11) is 1.76. The summed E-state index contributed by atoms with van der Waals surface area (Å²) in [6, 6.07) is 7.70. The third-order valence-electron chi connectivity index (χ3n) is 6.61. The lowest BCUT2D eigenvalue weighted by Crippen LogP contribution is -2.22. The minimum atomic E-state index is -0.954. The van der Waals surface area contributed by atoms with E-state index in [-0.39, 0.29) is 18.0 Å². The van der Waals surface area contributed by atoms with Gasteiger partial charge in [-0.15, -0.1) is 0 Å². The van der Waals surface area contributed by atoms with Crippen molar-refractivity contribution in [2.45, 2.75) is 32.0 Å². The van der Waals surface area contributed by atoms with Crippen molar-refractivity contribution in [2.75, 3.05) is 0 Å². The van der Waals surface area contributed by atoms with Crippen LogP contribution in [-0.4, -0.2) is 29.2 Å². The van der Waals surface area contributed by atoms with Gasteiger partial charge in [-0.1, -0.05) is 35.5 Å². The van der Waals surface area contributed by atoms with Crippen LogP contribution in [0.2, 0.25) is 0 Å². The summed E-state index contributed by atoms with van der Waals surface area (Å²) >= 11 is 0. The maximum atomic E-state index is 13.4. The molecule has 8 nitrogen and oxygen atoms in total. The fourth-order valence-corrected chi connectivity index (χ4v) is 4.78. The maximum Gasteiger partial charge on any atom is 0.280 e. The monoisotopic (exact) mass is 432 g/mol. The zero-order chi connectivity index (χ0) is 22.0. The van der Waals surface area contributed by atoms with E-state index in [9.17, 15) is 9.18 Å². The number of benzene rings is 1. The summed E-state index contributed by atoms with van der Waals surface area (Å²) < 4.78 is 22.0. The SMILES string of the molecule is CC(F)c1ccc(C2=C[C@H]3[C@@H](C2)[C@@H]3c2noc(Cn3cnc4ncn(C)c4c3=O)n2)cc1. The third-order valence-corrected chi connectivity index (χ3v) is 6.61. The Morgan fingerprint density at radius 2 is 2.00 bits per heavy atom. The Balaban J connectivity index is 1.17. The average molecular weight is 432 g/mol. The number of allylic oxidation sites excluding steroid dienone is 2. The number of aromatic nitrogens is 6. The standard InChI is InChI=1S/C23H21FN6O2/c1-12(24)13-3-5-14(6-4-13)15-7-16-17(8-15)19(16)21-27-18(32-28-21)9-30-11-26-22-20(23(30)31)29(2)10-25-22/h3-7,10-12,16-17,19H,8-9H2,1-2H3/t12?,16-,17+,19+/m0/s1. The Bertz CT molecular complexity index is 1410. The van der Waals surface area contributed by atoms with Crippen molar-refractivity contribution in [3.8, 4) is 0 Å². The van der Waals surface area contributed by atoms with Gasteiger partial charge in [0.05, 0.1) is 6.33 Å². The number of hydrogen-bond donors (Lipinski definition) is 0. The van der Waals surface area contributed by atoms with Gasteiger partial charge in [0, 0.05) is 13.0 Å². The Labute approximate surface area is 182 Å². The molecule has 1 saturated carbocycles. The second kappa shape index (κ2) is 6.94. The van der Waals surface area contributed by atoms with Crippen LogP contribution in [0.4, 0.5) is 4.39 Å². The molecule has 0 bridgehead atoms. The Kier molecular flexibility index (Phi) is 4.14. The van der Waals surface area contributed by atoms with Crippen molar-refractivity contribution in [3.63, 3.8) is 0 Å². The number of aryl methyl sites for hydroxylation is 1. The highest BCUT2D eigenvalue weighted by Crippen LogP contribution is 2.62. The first-order valence-corrected chi connectivity index (χ1v) is 10.6. The van der Waals surface area contributed by atoms with Crippen molar-refractivity contribution < 1.29 is 8.91 Å². The molecule has 0 N–H and O–H groups in total. The molecule has 0 aliphatic heterocycles. The second-order valence-corrected chi connectivity index (χ2v) is 8.65. The molecule has 0 spiro atoms. The van der Waals surface area contributed by atoms with Gasteiger partial charge in [0.2, 0.25) is 5.89 Å². The Hall–Kier alpha value is -3.62. The highest BCUT2D eigenvalue weighted by atomic mass is 19.1. The smallest absolute Gasteiger partial charge is 0.280 e. The molecule has 2 aliphatic carbocycles. The molecule has 1 unspecified atom stereocenters. The van der Waals surface area contributed by atoms with Crippen LogP contribution in [0.5, 0.6) is 0 Å². The Morgan fingerprint density at radius 1 is 1.22 bits per heavy atom. The van der Waals surface area contributed by atoms with E-state index in [2.05, 4.69) is 26.2 Å². The first-order valence-electron chi connectivity index (χ1n) is 10.6. The predicted octanol–water partition coefficient (Wildman–Crippen LogP) is 3.41. The van der Waals surface area contributed by atoms with E-state index in [1.54, 1.807) is 24.9 Å². The molecule has 3 aromatic heterocycles. The lowest BCUT2D eigenvalue weighted by Gasteiger charge is -2.08. The average Bonchev–Trinajstić information content (AvgIpc) is 3.21. The number of rotatable bonds is 5. The molecule has 32 heavy (non-hydrogen) atoms. The number of imidazole rings is 1. The van der Waals surface area contributed by atoms with Crippen LogP contribution in [-0.2, 0) is 13.6 Å². The molecule has 0 saturated heterocycles. The van der Waals surface area contributed by atoms with Crippen molar-refractivity contribution in [1.29, 1.82) is 0 Å². The molecule has 1 fully saturated rings. The van der Waals surface area contributed by atoms with Gasteiger partial charge >= 0.3 is 0 Å². The summed E-state index contributed by atoms with van der Waals surface area (Å²) in [6.45, 7) is 1.72. The van der Waals surface area contributed by atoms with Crippen molar-refractivity contribution in [1.82, 2.24) is 29.2 Å². The molecular formula is C23H21FN6O2. The van der Waals surface area contributed by atoms with Crippen molar-refractivity contribution in [3.05, 3.63) is 76.2 Å². The quantitative estimate of drug-likeness (QED) is 0.480. The number of alkyl halides is 1. The predicted molar refractivity (Wildman–Crippen MR) is 114 cm³/mol. The van der Waals surface area contributed by atoms with Gasteiger partial charge < -0.3 is 9.09 Å². The minimum absolute atomic E-state index is 0.169. The highest BCUT2D eigenvalue weighted by Gasteiger charge is 2.55. The van der Waals surface area contributed by atoms with Crippen LogP contribution in [0, 0.1) is 11.8 Å². The summed E-state index contributed by atoms with van der Waals surface area (Å²) in [5.41, 5.74) is 3.80. The summed E-state index contributed by atoms with van der Waals surface area (Å²) in [4.78, 5) is 25.6. The van der Waals surface area contributed by atoms with Gasteiger partial charge in [0.15, 0.2) is 17.0 Å². The van der Waals surface area contributed by atoms with Crippen LogP contribution >= 0.6 is 0 Å². The topological polar surface area (TPSA) is 91.6 Å². The van der Waals surface area contributed by atoms with E-state index >= 15 is 0 Å². The van der Waals surface area contributed by atoms with Gasteiger partial charge in [-0.25, -0.2) is 14.4 Å². The summed E-state index contributed by atoms with van der Waals surface area (Å²) in [6.07, 6.45) is 5.30. The first kappa shape index (κ1) is 19.1. The second-order valence-electron chi connectivity index (χ2n) is 8.65. The molecular weight excluding hydrogens is 411 g/mol. The molecule has 4 aromatic rings. The number of fused-ring (bicyclic) bond motifs is 2. The fourth-order valence-electron chi connectivity index (χ4n) is 4.78. The molecule has 162 valence electrons. The van der Waals surface area contributed by atoms with Gasteiger partial charge in [-0.05, 0) is 41.9 Å². The lowest BCUT2D eigenvalue weighted by atomic mass is 9.99. The Morgan fingerprint density at radius 3 is 2.72 bits per heavy atom. The molecule has 4 atom stereocenters. The molecule has 2 aliphatic rings. The van der Waals surface area contributed by atoms with Crippen LogP contribution in [0.1, 0.15) is 48.3 Å². The zero-order valence-corrected chi connectivity index (χ0v) is 17.6. The third kappa shape index (κ3) is 2.99. The molecule has 0 amide bonds. The molecule has 9 heteroatoms. The van der Waals surface area contributed by atoms with E-state index in [4.69, 9.17) is 4.52 Å². The maximum absolute atomic E-state index is 13.4. The van der Waals surface area contributed by atoms with E-state index in [1.165, 1.54) is 16.5 Å². The summed E-state index contributed by atoms with van der Waals surface area (Å²) in [5, 5.41) is 4.17. The zero-order valence-electron chi connectivity index (χ0n) is 17.6. The number of hydrogen-bond acceptors (Lipinski definition) is 6. The van der Waals surface area contributed by atoms with Crippen LogP contribution in [0.25, 0.3) is 16.7 Å². The van der Waals surface area contributed by atoms with Crippen molar-refractivity contribution >= 4 is 16.7 Å². The van der Waals surface area contributed by atoms with Gasteiger partial charge in [-0.3, -0.25) is 9.36 Å². The number of nitrogens with zero attached hydrogens (tertiary/aromatic N) is 6. The largest absolute Gasteiger partial charge is 0.337 e.